The van der Waals surface area contributed by atoms with Gasteiger partial charge >= 0.3 is 6.18 Å². The van der Waals surface area contributed by atoms with Crippen LogP contribution in [0.25, 0.3) is 0 Å². The molecule has 1 fully saturated rings. The van der Waals surface area contributed by atoms with E-state index in [0.717, 1.165) is 17.8 Å². The van der Waals surface area contributed by atoms with Gasteiger partial charge in [-0.2, -0.15) is 37.4 Å². The molecule has 158 valence electrons. The summed E-state index contributed by atoms with van der Waals surface area (Å²) in [4.78, 5) is 4.30. The van der Waals surface area contributed by atoms with Crippen LogP contribution in [-0.4, -0.2) is 28.8 Å². The molecule has 0 bridgehead atoms. The Hall–Kier alpha value is -1.23. The van der Waals surface area contributed by atoms with E-state index in [9.17, 15) is 13.2 Å². The summed E-state index contributed by atoms with van der Waals surface area (Å²) in [5.41, 5.74) is 3.47. The van der Waals surface area contributed by atoms with Crippen molar-refractivity contribution in [2.75, 3.05) is 11.3 Å². The molecular weight excluding hydrogens is 446 g/mol. The predicted molar refractivity (Wildman–Crippen MR) is 110 cm³/mol. The van der Waals surface area contributed by atoms with Gasteiger partial charge in [-0.05, 0) is 30.5 Å². The van der Waals surface area contributed by atoms with Crippen LogP contribution >= 0.6 is 35.0 Å². The van der Waals surface area contributed by atoms with Crippen molar-refractivity contribution in [3.05, 3.63) is 64.9 Å². The molecule has 5 nitrogen and oxygen atoms in total. The lowest BCUT2D eigenvalue weighted by Crippen LogP contribution is -2.89. The Balaban J connectivity index is 1.94. The molecule has 0 radical (unpaired) electrons. The molecule has 1 aromatic heterocycles. The maximum absolute atomic E-state index is 13.1. The number of rotatable bonds is 6. The van der Waals surface area contributed by atoms with Gasteiger partial charge in [0.1, 0.15) is 17.6 Å². The van der Waals surface area contributed by atoms with E-state index in [0.29, 0.717) is 6.54 Å². The van der Waals surface area contributed by atoms with E-state index in [1.165, 1.54) is 0 Å². The van der Waals surface area contributed by atoms with E-state index in [2.05, 4.69) is 22.8 Å². The largest absolute Gasteiger partial charge is 0.462 e. The van der Waals surface area contributed by atoms with Crippen molar-refractivity contribution in [2.24, 2.45) is 0 Å². The van der Waals surface area contributed by atoms with Gasteiger partial charge in [0.05, 0.1) is 27.0 Å². The summed E-state index contributed by atoms with van der Waals surface area (Å²) < 4.78 is 39.3. The lowest BCUT2D eigenvalue weighted by atomic mass is 10.2. The molecule has 2 aromatic rings. The molecule has 1 aliphatic heterocycles. The van der Waals surface area contributed by atoms with Crippen LogP contribution in [-0.2, 0) is 12.7 Å². The highest BCUT2D eigenvalue weighted by Gasteiger charge is 2.44. The van der Waals surface area contributed by atoms with Crippen LogP contribution in [0.15, 0.2) is 36.5 Å². The summed E-state index contributed by atoms with van der Waals surface area (Å²) in [7, 11) is 3.86. The second-order valence-corrected chi connectivity index (χ2v) is 8.22. The molecule has 3 rings (SSSR count). The number of nitrogens with two attached hydrogens (primary N) is 1. The third kappa shape index (κ3) is 4.92. The van der Waals surface area contributed by atoms with Crippen molar-refractivity contribution in [1.29, 1.82) is 0 Å². The van der Waals surface area contributed by atoms with E-state index in [1.807, 2.05) is 24.5 Å². The zero-order valence-corrected chi connectivity index (χ0v) is 17.7. The number of quaternary nitrogens is 1. The molecule has 1 saturated heterocycles. The third-order valence-electron chi connectivity index (χ3n) is 4.56. The fourth-order valence-electron chi connectivity index (χ4n) is 3.20. The molecule has 0 amide bonds. The summed E-state index contributed by atoms with van der Waals surface area (Å²) in [6.07, 6.45) is -1.34. The van der Waals surface area contributed by atoms with Crippen molar-refractivity contribution in [2.45, 2.75) is 30.3 Å². The number of thioether (sulfide) groups is 1. The summed E-state index contributed by atoms with van der Waals surface area (Å²) >= 11 is 14.1. The number of hydrogen-bond donors (Lipinski definition) is 3. The van der Waals surface area contributed by atoms with Crippen LogP contribution < -0.4 is 21.1 Å². The number of nitrogens with one attached hydrogen (secondary N) is 2. The van der Waals surface area contributed by atoms with Crippen molar-refractivity contribution in [3.8, 4) is 0 Å². The van der Waals surface area contributed by atoms with Crippen molar-refractivity contribution >= 4 is 40.7 Å². The number of hydrazine groups is 1. The van der Waals surface area contributed by atoms with E-state index < -0.39 is 11.7 Å². The highest BCUT2D eigenvalue weighted by Crippen LogP contribution is 2.42. The van der Waals surface area contributed by atoms with Crippen LogP contribution in [0.2, 0.25) is 10.0 Å². The first-order valence-electron chi connectivity index (χ1n) is 8.66. The van der Waals surface area contributed by atoms with Crippen LogP contribution in [0.4, 0.5) is 18.9 Å². The SMILES string of the molecule is [CH2-][NH2+]C1NN(c2c(Cl)cc(C(F)(F)F)cc2Cl)C(NCc2ccccn2)C1SC. The normalized spacial score (nSPS) is 22.3. The van der Waals surface area contributed by atoms with Gasteiger partial charge in [-0.1, -0.05) is 29.3 Å². The molecular formula is C18H20Cl2F3N5S. The first-order valence-corrected chi connectivity index (χ1v) is 10.7. The lowest BCUT2D eigenvalue weighted by Gasteiger charge is -2.30. The highest BCUT2D eigenvalue weighted by atomic mass is 35.5. The van der Waals surface area contributed by atoms with Gasteiger partial charge in [-0.15, -0.1) is 0 Å². The molecule has 0 aliphatic carbocycles. The average Bonchev–Trinajstić information content (AvgIpc) is 3.03. The summed E-state index contributed by atoms with van der Waals surface area (Å²) in [5.74, 6) is 0. The Bertz CT molecular complexity index is 817. The number of aromatic nitrogens is 1. The maximum atomic E-state index is 13.1. The topological polar surface area (TPSA) is 56.8 Å². The number of benzene rings is 1. The molecule has 2 heterocycles. The predicted octanol–water partition coefficient (Wildman–Crippen LogP) is 3.26. The zero-order chi connectivity index (χ0) is 21.2. The summed E-state index contributed by atoms with van der Waals surface area (Å²) in [6, 6.07) is 7.37. The third-order valence-corrected chi connectivity index (χ3v) is 6.23. The number of pyridine rings is 1. The first-order chi connectivity index (χ1) is 13.8. The van der Waals surface area contributed by atoms with Gasteiger partial charge in [0, 0.05) is 12.7 Å². The van der Waals surface area contributed by atoms with Crippen LogP contribution in [0, 0.1) is 7.05 Å². The molecule has 11 heteroatoms. The van der Waals surface area contributed by atoms with Gasteiger partial charge in [-0.25, -0.2) is 0 Å². The number of anilines is 1. The van der Waals surface area contributed by atoms with E-state index in [4.69, 9.17) is 23.2 Å². The molecule has 4 N–H and O–H groups in total. The van der Waals surface area contributed by atoms with Crippen LogP contribution in [0.5, 0.6) is 0 Å². The minimum atomic E-state index is -4.54. The molecule has 29 heavy (non-hydrogen) atoms. The van der Waals surface area contributed by atoms with E-state index in [1.54, 1.807) is 28.3 Å². The van der Waals surface area contributed by atoms with Crippen molar-refractivity contribution < 1.29 is 18.5 Å². The summed E-state index contributed by atoms with van der Waals surface area (Å²) in [6.45, 7) is 0.459. The van der Waals surface area contributed by atoms with Gasteiger partial charge < -0.3 is 5.32 Å². The number of hydrogen-bond acceptors (Lipinski definition) is 5. The summed E-state index contributed by atoms with van der Waals surface area (Å²) in [5, 5.41) is 6.66. The standard InChI is InChI=1S/C18H20Cl2F3N5S/c1-24-16-15(29-2)17(26-9-11-5-3-4-6-25-11)28(27-16)14-12(19)7-10(8-13(14)20)18(21,22)23/h3-8,15-17,26-27H,1,9,24H2,2H3. The highest BCUT2D eigenvalue weighted by molar-refractivity contribution is 7.99. The zero-order valence-electron chi connectivity index (χ0n) is 15.4. The molecule has 3 atom stereocenters. The first kappa shape index (κ1) is 22.5. The van der Waals surface area contributed by atoms with Gasteiger partial charge in [0.15, 0.2) is 0 Å². The monoisotopic (exact) mass is 465 g/mol. The lowest BCUT2D eigenvalue weighted by molar-refractivity contribution is -0.636. The molecule has 0 spiro atoms. The Morgan fingerprint density at radius 1 is 1.31 bits per heavy atom. The fraction of sp³-hybridized carbons (Fsp3) is 0.333. The Morgan fingerprint density at radius 3 is 2.52 bits per heavy atom. The van der Waals surface area contributed by atoms with E-state index in [-0.39, 0.29) is 33.3 Å². The molecule has 3 unspecified atom stereocenters. The van der Waals surface area contributed by atoms with Crippen LogP contribution in [0.3, 0.4) is 0 Å². The quantitative estimate of drug-likeness (QED) is 0.571. The van der Waals surface area contributed by atoms with Crippen molar-refractivity contribution in [3.63, 3.8) is 0 Å². The Labute approximate surface area is 181 Å². The van der Waals surface area contributed by atoms with Gasteiger partial charge in [0.2, 0.25) is 0 Å². The minimum Gasteiger partial charge on any atom is -0.462 e. The fourth-order valence-corrected chi connectivity index (χ4v) is 4.81. The Kier molecular flexibility index (Phi) is 7.19. The number of nitrogens with zero attached hydrogens (tertiary/aromatic N) is 2. The Morgan fingerprint density at radius 2 is 2.00 bits per heavy atom. The number of halogens is 5. The second kappa shape index (κ2) is 9.28. The van der Waals surface area contributed by atoms with Gasteiger partial charge in [0.25, 0.3) is 0 Å². The minimum absolute atomic E-state index is 0.00522. The smallest absolute Gasteiger partial charge is 0.416 e. The molecule has 1 aromatic carbocycles. The second-order valence-electron chi connectivity index (χ2n) is 6.39. The van der Waals surface area contributed by atoms with Gasteiger partial charge in [-0.3, -0.25) is 15.3 Å². The maximum Gasteiger partial charge on any atom is 0.416 e. The number of alkyl halides is 3. The van der Waals surface area contributed by atoms with Crippen LogP contribution in [0.1, 0.15) is 11.3 Å². The molecule has 0 saturated carbocycles. The average molecular weight is 466 g/mol. The van der Waals surface area contributed by atoms with E-state index >= 15 is 0 Å². The van der Waals surface area contributed by atoms with Crippen molar-refractivity contribution in [1.82, 2.24) is 15.7 Å². The molecule has 1 aliphatic rings.